The minimum atomic E-state index is -0.285. The van der Waals surface area contributed by atoms with Crippen LogP contribution in [0.1, 0.15) is 47.3 Å². The van der Waals surface area contributed by atoms with Crippen molar-refractivity contribution >= 4 is 23.2 Å². The molecule has 0 fully saturated rings. The molecule has 1 amide bonds. The van der Waals surface area contributed by atoms with E-state index in [0.717, 1.165) is 6.42 Å². The SMILES string of the molecule is CCc1cc(C(=O)NCCC(=O)OC(C)C)sc1C. The minimum Gasteiger partial charge on any atom is -0.463 e. The standard InChI is InChI=1S/C14H21NO3S/c1-5-11-8-12(19-10(11)4)14(17)15-7-6-13(16)18-9(2)3/h8-9H,5-7H2,1-4H3,(H,15,17). The second-order valence-electron chi connectivity index (χ2n) is 4.59. The van der Waals surface area contributed by atoms with E-state index in [1.807, 2.05) is 13.0 Å². The first kappa shape index (κ1) is 15.7. The predicted molar refractivity (Wildman–Crippen MR) is 76.6 cm³/mol. The summed E-state index contributed by atoms with van der Waals surface area (Å²) in [5, 5.41) is 2.74. The van der Waals surface area contributed by atoms with Crippen LogP contribution in [0.2, 0.25) is 0 Å². The highest BCUT2D eigenvalue weighted by atomic mass is 32.1. The van der Waals surface area contributed by atoms with Crippen LogP contribution in [0.15, 0.2) is 6.07 Å². The molecule has 5 heteroatoms. The number of amides is 1. The van der Waals surface area contributed by atoms with Crippen molar-refractivity contribution in [3.05, 3.63) is 21.4 Å². The Hall–Kier alpha value is -1.36. The predicted octanol–water partition coefficient (Wildman–Crippen LogP) is 2.69. The molecule has 0 aromatic carbocycles. The molecule has 0 saturated heterocycles. The summed E-state index contributed by atoms with van der Waals surface area (Å²) in [7, 11) is 0. The Balaban J connectivity index is 2.41. The van der Waals surface area contributed by atoms with Crippen LogP contribution in [0.4, 0.5) is 0 Å². The topological polar surface area (TPSA) is 55.4 Å². The van der Waals surface area contributed by atoms with Crippen molar-refractivity contribution in [2.75, 3.05) is 6.54 Å². The zero-order valence-electron chi connectivity index (χ0n) is 11.9. The molecule has 1 heterocycles. The first-order valence-corrected chi connectivity index (χ1v) is 7.32. The second-order valence-corrected chi connectivity index (χ2v) is 5.85. The molecule has 0 atom stereocenters. The van der Waals surface area contributed by atoms with Gasteiger partial charge < -0.3 is 10.1 Å². The first-order chi connectivity index (χ1) is 8.93. The zero-order chi connectivity index (χ0) is 14.4. The highest BCUT2D eigenvalue weighted by molar-refractivity contribution is 7.14. The Labute approximate surface area is 118 Å². The lowest BCUT2D eigenvalue weighted by Crippen LogP contribution is -2.26. The van der Waals surface area contributed by atoms with E-state index in [9.17, 15) is 9.59 Å². The molecule has 1 aromatic heterocycles. The third kappa shape index (κ3) is 5.03. The van der Waals surface area contributed by atoms with Crippen molar-refractivity contribution in [2.45, 2.75) is 46.6 Å². The normalized spacial score (nSPS) is 10.6. The summed E-state index contributed by atoms with van der Waals surface area (Å²) in [6.45, 7) is 8.00. The maximum absolute atomic E-state index is 11.9. The summed E-state index contributed by atoms with van der Waals surface area (Å²) in [6, 6.07) is 1.92. The van der Waals surface area contributed by atoms with Gasteiger partial charge in [-0.3, -0.25) is 9.59 Å². The summed E-state index contributed by atoms with van der Waals surface area (Å²) >= 11 is 1.49. The fourth-order valence-corrected chi connectivity index (χ4v) is 2.70. The maximum Gasteiger partial charge on any atom is 0.307 e. The Bertz CT molecular complexity index is 452. The van der Waals surface area contributed by atoms with Gasteiger partial charge in [0.25, 0.3) is 5.91 Å². The van der Waals surface area contributed by atoms with Crippen molar-refractivity contribution in [1.82, 2.24) is 5.32 Å². The highest BCUT2D eigenvalue weighted by Crippen LogP contribution is 2.21. The van der Waals surface area contributed by atoms with Crippen LogP contribution < -0.4 is 5.32 Å². The summed E-state index contributed by atoms with van der Waals surface area (Å²) in [4.78, 5) is 25.1. The highest BCUT2D eigenvalue weighted by Gasteiger charge is 2.12. The average Bonchev–Trinajstić information content (AvgIpc) is 2.69. The number of hydrogen-bond donors (Lipinski definition) is 1. The minimum absolute atomic E-state index is 0.116. The molecule has 0 aliphatic rings. The van der Waals surface area contributed by atoms with Crippen LogP contribution in [-0.2, 0) is 16.0 Å². The lowest BCUT2D eigenvalue weighted by molar-refractivity contribution is -0.147. The number of ether oxygens (including phenoxy) is 1. The fraction of sp³-hybridized carbons (Fsp3) is 0.571. The van der Waals surface area contributed by atoms with E-state index in [2.05, 4.69) is 12.2 Å². The van der Waals surface area contributed by atoms with Gasteiger partial charge >= 0.3 is 5.97 Å². The number of carbonyl (C=O) groups is 2. The van der Waals surface area contributed by atoms with Crippen molar-refractivity contribution < 1.29 is 14.3 Å². The van der Waals surface area contributed by atoms with Crippen LogP contribution in [0.5, 0.6) is 0 Å². The van der Waals surface area contributed by atoms with E-state index in [1.54, 1.807) is 13.8 Å². The third-order valence-electron chi connectivity index (χ3n) is 2.61. The molecule has 1 N–H and O–H groups in total. The summed E-state index contributed by atoms with van der Waals surface area (Å²) in [5.74, 6) is -0.406. The molecule has 0 bridgehead atoms. The molecule has 0 radical (unpaired) electrons. The van der Waals surface area contributed by atoms with Gasteiger partial charge in [0, 0.05) is 11.4 Å². The van der Waals surface area contributed by atoms with E-state index in [-0.39, 0.29) is 24.4 Å². The van der Waals surface area contributed by atoms with Gasteiger partial charge in [0.15, 0.2) is 0 Å². The largest absolute Gasteiger partial charge is 0.463 e. The van der Waals surface area contributed by atoms with Gasteiger partial charge in [-0.2, -0.15) is 0 Å². The van der Waals surface area contributed by atoms with Crippen LogP contribution in [0.25, 0.3) is 0 Å². The van der Waals surface area contributed by atoms with Gasteiger partial charge in [-0.15, -0.1) is 11.3 Å². The van der Waals surface area contributed by atoms with Gasteiger partial charge in [0.2, 0.25) is 0 Å². The van der Waals surface area contributed by atoms with Gasteiger partial charge in [-0.1, -0.05) is 6.92 Å². The van der Waals surface area contributed by atoms with Gasteiger partial charge in [-0.25, -0.2) is 0 Å². The van der Waals surface area contributed by atoms with Crippen LogP contribution >= 0.6 is 11.3 Å². The molecular weight excluding hydrogens is 262 g/mol. The Kier molecular flexibility index (Phi) is 6.02. The van der Waals surface area contributed by atoms with Crippen molar-refractivity contribution in [1.29, 1.82) is 0 Å². The number of carbonyl (C=O) groups excluding carboxylic acids is 2. The van der Waals surface area contributed by atoms with Crippen LogP contribution in [0, 0.1) is 6.92 Å². The molecular formula is C14H21NO3S. The summed E-state index contributed by atoms with van der Waals surface area (Å²) in [5.41, 5.74) is 1.20. The number of nitrogens with one attached hydrogen (secondary N) is 1. The van der Waals surface area contributed by atoms with Gasteiger partial charge in [0.05, 0.1) is 17.4 Å². The molecule has 4 nitrogen and oxygen atoms in total. The van der Waals surface area contributed by atoms with Crippen LogP contribution in [0.3, 0.4) is 0 Å². The molecule has 0 unspecified atom stereocenters. The van der Waals surface area contributed by atoms with Gasteiger partial charge in [0.1, 0.15) is 0 Å². The van der Waals surface area contributed by atoms with Crippen molar-refractivity contribution in [3.8, 4) is 0 Å². The summed E-state index contributed by atoms with van der Waals surface area (Å²) < 4.78 is 4.99. The molecule has 106 valence electrons. The molecule has 1 rings (SSSR count). The molecule has 0 aliphatic carbocycles. The van der Waals surface area contributed by atoms with Crippen molar-refractivity contribution in [2.24, 2.45) is 0 Å². The second kappa shape index (κ2) is 7.28. The molecule has 19 heavy (non-hydrogen) atoms. The Morgan fingerprint density at radius 1 is 1.42 bits per heavy atom. The number of aryl methyl sites for hydroxylation is 2. The Morgan fingerprint density at radius 2 is 2.11 bits per heavy atom. The van der Waals surface area contributed by atoms with Gasteiger partial charge in [-0.05, 0) is 38.8 Å². The molecule has 0 spiro atoms. The lowest BCUT2D eigenvalue weighted by atomic mass is 10.2. The number of rotatable bonds is 6. The lowest BCUT2D eigenvalue weighted by Gasteiger charge is -2.07. The molecule has 0 saturated carbocycles. The van der Waals surface area contributed by atoms with E-state index in [1.165, 1.54) is 21.8 Å². The Morgan fingerprint density at radius 3 is 2.63 bits per heavy atom. The van der Waals surface area contributed by atoms with E-state index >= 15 is 0 Å². The van der Waals surface area contributed by atoms with E-state index in [0.29, 0.717) is 11.4 Å². The first-order valence-electron chi connectivity index (χ1n) is 6.51. The van der Waals surface area contributed by atoms with E-state index < -0.39 is 0 Å². The average molecular weight is 283 g/mol. The number of thiophene rings is 1. The van der Waals surface area contributed by atoms with E-state index in [4.69, 9.17) is 4.74 Å². The maximum atomic E-state index is 11.9. The number of hydrogen-bond acceptors (Lipinski definition) is 4. The summed E-state index contributed by atoms with van der Waals surface area (Å²) in [6.07, 6.45) is 1.01. The monoisotopic (exact) mass is 283 g/mol. The fourth-order valence-electron chi connectivity index (χ4n) is 1.67. The zero-order valence-corrected chi connectivity index (χ0v) is 12.7. The third-order valence-corrected chi connectivity index (χ3v) is 3.70. The molecule has 0 aliphatic heterocycles. The molecule has 1 aromatic rings. The van der Waals surface area contributed by atoms with Crippen LogP contribution in [-0.4, -0.2) is 24.5 Å². The quantitative estimate of drug-likeness (QED) is 0.817. The smallest absolute Gasteiger partial charge is 0.307 e. The van der Waals surface area contributed by atoms with Crippen molar-refractivity contribution in [3.63, 3.8) is 0 Å². The number of esters is 1.